The van der Waals surface area contributed by atoms with Gasteiger partial charge in [-0.05, 0) is 38.8 Å². The van der Waals surface area contributed by atoms with E-state index in [0.29, 0.717) is 29.9 Å². The van der Waals surface area contributed by atoms with Gasteiger partial charge in [0.2, 0.25) is 10.0 Å². The Kier molecular flexibility index (Phi) is 4.67. The number of carbonyl (C=O) groups excluding carboxylic acids is 1. The molecule has 8 nitrogen and oxygen atoms in total. The van der Waals surface area contributed by atoms with Gasteiger partial charge in [-0.1, -0.05) is 0 Å². The zero-order valence-electron chi connectivity index (χ0n) is 14.0. The van der Waals surface area contributed by atoms with Crippen molar-refractivity contribution in [1.29, 1.82) is 0 Å². The van der Waals surface area contributed by atoms with Crippen LogP contribution in [0.2, 0.25) is 0 Å². The summed E-state index contributed by atoms with van der Waals surface area (Å²) in [7, 11) is -3.32. The van der Waals surface area contributed by atoms with Crippen molar-refractivity contribution in [1.82, 2.24) is 20.3 Å². The Bertz CT molecular complexity index is 910. The van der Waals surface area contributed by atoms with Gasteiger partial charge in [0.1, 0.15) is 5.69 Å². The van der Waals surface area contributed by atoms with E-state index in [1.165, 1.54) is 12.4 Å². The molecule has 0 spiro atoms. The van der Waals surface area contributed by atoms with Gasteiger partial charge in [-0.15, -0.1) is 0 Å². The van der Waals surface area contributed by atoms with Gasteiger partial charge >= 0.3 is 0 Å². The molecule has 0 atom stereocenters. The fraction of sp³-hybridized carbons (Fsp3) is 0.375. The molecule has 0 aliphatic heterocycles. The summed E-state index contributed by atoms with van der Waals surface area (Å²) in [6, 6.07) is 3.19. The number of rotatable bonds is 6. The molecule has 0 radical (unpaired) electrons. The number of sulfonamides is 1. The molecule has 0 unspecified atom stereocenters. The van der Waals surface area contributed by atoms with E-state index in [0.717, 1.165) is 5.69 Å². The third-order valence-corrected chi connectivity index (χ3v) is 5.76. The first-order valence-corrected chi connectivity index (χ1v) is 9.45. The van der Waals surface area contributed by atoms with E-state index in [1.807, 2.05) is 6.92 Å². The quantitative estimate of drug-likeness (QED) is 0.802. The number of hydrogen-bond donors (Lipinski definition) is 2. The normalized spacial score (nSPS) is 14.2. The number of anilines is 1. The second-order valence-corrected chi connectivity index (χ2v) is 7.95. The van der Waals surface area contributed by atoms with Gasteiger partial charge in [-0.2, -0.15) is 0 Å². The molecule has 1 aliphatic carbocycles. The van der Waals surface area contributed by atoms with Crippen molar-refractivity contribution < 1.29 is 13.2 Å². The molecule has 2 aromatic heterocycles. The molecule has 0 aromatic carbocycles. The molecule has 2 N–H and O–H groups in total. The Hall–Kier alpha value is -2.55. The van der Waals surface area contributed by atoms with E-state index in [2.05, 4.69) is 25.0 Å². The summed E-state index contributed by atoms with van der Waals surface area (Å²) in [4.78, 5) is 24.6. The fourth-order valence-electron chi connectivity index (χ4n) is 2.18. The molecule has 2 aromatic rings. The Labute approximate surface area is 146 Å². The van der Waals surface area contributed by atoms with Crippen LogP contribution in [0.15, 0.2) is 24.5 Å². The molecule has 1 fully saturated rings. The third kappa shape index (κ3) is 4.30. The first-order chi connectivity index (χ1) is 11.8. The van der Waals surface area contributed by atoms with Crippen LogP contribution >= 0.6 is 0 Å². The van der Waals surface area contributed by atoms with Crippen molar-refractivity contribution in [3.05, 3.63) is 47.3 Å². The molecule has 3 rings (SSSR count). The van der Waals surface area contributed by atoms with Crippen LogP contribution in [0.1, 0.15) is 40.4 Å². The first-order valence-electron chi connectivity index (χ1n) is 7.90. The van der Waals surface area contributed by atoms with Crippen molar-refractivity contribution in [3.8, 4) is 0 Å². The van der Waals surface area contributed by atoms with Crippen LogP contribution in [0, 0.1) is 13.8 Å². The van der Waals surface area contributed by atoms with Crippen molar-refractivity contribution >= 4 is 21.6 Å². The molecule has 9 heteroatoms. The lowest BCUT2D eigenvalue weighted by atomic mass is 10.3. The van der Waals surface area contributed by atoms with Gasteiger partial charge in [-0.3, -0.25) is 19.5 Å². The molecule has 1 aliphatic rings. The zero-order valence-corrected chi connectivity index (χ0v) is 14.8. The summed E-state index contributed by atoms with van der Waals surface area (Å²) in [6.45, 7) is 3.77. The number of nitrogens with one attached hydrogen (secondary N) is 2. The molecule has 0 bridgehead atoms. The SMILES string of the molecule is Cc1ncc(C(=O)NCc2cc(NS(=O)(=O)C3CC3)ccn2)nc1C. The maximum atomic E-state index is 12.1. The van der Waals surface area contributed by atoms with Crippen molar-refractivity contribution in [2.24, 2.45) is 0 Å². The molecular weight excluding hydrogens is 342 g/mol. The predicted octanol–water partition coefficient (Wildman–Crippen LogP) is 1.32. The van der Waals surface area contributed by atoms with Gasteiger partial charge in [0.15, 0.2) is 0 Å². The average Bonchev–Trinajstić information content (AvgIpc) is 3.40. The van der Waals surface area contributed by atoms with E-state index in [4.69, 9.17) is 0 Å². The zero-order chi connectivity index (χ0) is 18.0. The summed E-state index contributed by atoms with van der Waals surface area (Å²) in [6.07, 6.45) is 4.31. The lowest BCUT2D eigenvalue weighted by Crippen LogP contribution is -2.25. The topological polar surface area (TPSA) is 114 Å². The van der Waals surface area contributed by atoms with Crippen LogP contribution in [-0.4, -0.2) is 34.5 Å². The summed E-state index contributed by atoms with van der Waals surface area (Å²) >= 11 is 0. The maximum absolute atomic E-state index is 12.1. The van der Waals surface area contributed by atoms with E-state index in [9.17, 15) is 13.2 Å². The highest BCUT2D eigenvalue weighted by Gasteiger charge is 2.35. The number of pyridine rings is 1. The van der Waals surface area contributed by atoms with E-state index >= 15 is 0 Å². The Morgan fingerprint density at radius 1 is 1.24 bits per heavy atom. The summed E-state index contributed by atoms with van der Waals surface area (Å²) in [5.74, 6) is -0.360. The summed E-state index contributed by atoms with van der Waals surface area (Å²) in [5.41, 5.74) is 2.68. The van der Waals surface area contributed by atoms with Crippen LogP contribution < -0.4 is 10.0 Å². The molecular formula is C16H19N5O3S. The standard InChI is InChI=1S/C16H19N5O3S/c1-10-11(2)20-15(9-18-10)16(22)19-8-13-7-12(5-6-17-13)21-25(23,24)14-3-4-14/h5-7,9,14H,3-4,8H2,1-2H3,(H,17,21)(H,19,22). The number of hydrogen-bond acceptors (Lipinski definition) is 6. The van der Waals surface area contributed by atoms with Crippen LogP contribution in [-0.2, 0) is 16.6 Å². The van der Waals surface area contributed by atoms with Crippen LogP contribution in [0.4, 0.5) is 5.69 Å². The molecule has 2 heterocycles. The molecule has 0 saturated heterocycles. The number of nitrogens with zero attached hydrogens (tertiary/aromatic N) is 3. The van der Waals surface area contributed by atoms with E-state index < -0.39 is 10.0 Å². The highest BCUT2D eigenvalue weighted by atomic mass is 32.2. The highest BCUT2D eigenvalue weighted by molar-refractivity contribution is 7.93. The molecule has 1 amide bonds. The van der Waals surface area contributed by atoms with Gasteiger partial charge in [0.25, 0.3) is 5.91 Å². The van der Waals surface area contributed by atoms with Gasteiger partial charge in [0.05, 0.1) is 40.8 Å². The Balaban J connectivity index is 1.64. The Morgan fingerprint density at radius 2 is 2.00 bits per heavy atom. The average molecular weight is 361 g/mol. The van der Waals surface area contributed by atoms with Gasteiger partial charge in [0, 0.05) is 6.20 Å². The minimum atomic E-state index is -3.32. The lowest BCUT2D eigenvalue weighted by Gasteiger charge is -2.09. The monoisotopic (exact) mass is 361 g/mol. The molecule has 25 heavy (non-hydrogen) atoms. The van der Waals surface area contributed by atoms with Crippen molar-refractivity contribution in [3.63, 3.8) is 0 Å². The number of aromatic nitrogens is 3. The largest absolute Gasteiger partial charge is 0.345 e. The highest BCUT2D eigenvalue weighted by Crippen LogP contribution is 2.29. The van der Waals surface area contributed by atoms with Gasteiger partial charge < -0.3 is 5.32 Å². The maximum Gasteiger partial charge on any atom is 0.271 e. The van der Waals surface area contributed by atoms with Crippen LogP contribution in [0.25, 0.3) is 0 Å². The number of amides is 1. The minimum Gasteiger partial charge on any atom is -0.345 e. The minimum absolute atomic E-state index is 0.159. The third-order valence-electron chi connectivity index (χ3n) is 3.89. The first kappa shape index (κ1) is 17.3. The number of carbonyl (C=O) groups is 1. The number of aryl methyl sites for hydroxylation is 2. The summed E-state index contributed by atoms with van der Waals surface area (Å²) in [5, 5.41) is 2.41. The predicted molar refractivity (Wildman–Crippen MR) is 92.5 cm³/mol. The van der Waals surface area contributed by atoms with Gasteiger partial charge in [-0.25, -0.2) is 13.4 Å². The fourth-order valence-corrected chi connectivity index (χ4v) is 3.56. The second kappa shape index (κ2) is 6.75. The molecule has 1 saturated carbocycles. The summed E-state index contributed by atoms with van der Waals surface area (Å²) < 4.78 is 26.5. The van der Waals surface area contributed by atoms with E-state index in [1.54, 1.807) is 19.1 Å². The van der Waals surface area contributed by atoms with E-state index in [-0.39, 0.29) is 23.4 Å². The molecule has 132 valence electrons. The second-order valence-electron chi connectivity index (χ2n) is 5.99. The smallest absolute Gasteiger partial charge is 0.271 e. The van der Waals surface area contributed by atoms with Crippen LogP contribution in [0.5, 0.6) is 0 Å². The van der Waals surface area contributed by atoms with Crippen molar-refractivity contribution in [2.45, 2.75) is 38.5 Å². The van der Waals surface area contributed by atoms with Crippen molar-refractivity contribution in [2.75, 3.05) is 4.72 Å². The Morgan fingerprint density at radius 3 is 2.68 bits per heavy atom. The lowest BCUT2D eigenvalue weighted by molar-refractivity contribution is 0.0944. The van der Waals surface area contributed by atoms with Crippen LogP contribution in [0.3, 0.4) is 0 Å².